The first-order valence-electron chi connectivity index (χ1n) is 10.1. The fourth-order valence-electron chi connectivity index (χ4n) is 3.88. The van der Waals surface area contributed by atoms with Crippen LogP contribution in [0.1, 0.15) is 61.7 Å². The predicted octanol–water partition coefficient (Wildman–Crippen LogP) is 3.84. The normalized spacial score (nSPS) is 18.3. The van der Waals surface area contributed by atoms with Crippen LogP contribution in [0.3, 0.4) is 0 Å². The number of likely N-dealkylation sites (tertiary alicyclic amines) is 1. The number of hydrogen-bond acceptors (Lipinski definition) is 3. The third-order valence-corrected chi connectivity index (χ3v) is 5.55. The van der Waals surface area contributed by atoms with Gasteiger partial charge in [0, 0.05) is 30.8 Å². The van der Waals surface area contributed by atoms with Crippen molar-refractivity contribution in [1.82, 2.24) is 10.2 Å². The van der Waals surface area contributed by atoms with Crippen molar-refractivity contribution >= 4 is 29.9 Å². The van der Waals surface area contributed by atoms with Crippen molar-refractivity contribution in [2.75, 3.05) is 31.5 Å². The number of carbonyl (C=O) groups is 2. The summed E-state index contributed by atoms with van der Waals surface area (Å²) in [5.74, 6) is 0.835. The molecule has 1 aromatic carbocycles. The molecule has 2 amide bonds. The summed E-state index contributed by atoms with van der Waals surface area (Å²) in [6, 6.07) is 7.34. The van der Waals surface area contributed by atoms with Crippen molar-refractivity contribution in [2.45, 2.75) is 51.4 Å². The number of piperidine rings is 1. The molecule has 2 aliphatic heterocycles. The van der Waals surface area contributed by atoms with Crippen LogP contribution in [0.25, 0.3) is 0 Å². The molecule has 0 radical (unpaired) electrons. The lowest BCUT2D eigenvalue weighted by Gasteiger charge is -2.22. The Morgan fingerprint density at radius 3 is 2.26 bits per heavy atom. The van der Waals surface area contributed by atoms with E-state index in [2.05, 4.69) is 10.6 Å². The van der Waals surface area contributed by atoms with Crippen LogP contribution < -0.4 is 10.6 Å². The summed E-state index contributed by atoms with van der Waals surface area (Å²) in [6.45, 7) is 3.85. The molecule has 0 atom stereocenters. The van der Waals surface area contributed by atoms with Crippen molar-refractivity contribution in [3.05, 3.63) is 29.8 Å². The molecule has 1 aromatic rings. The average Bonchev–Trinajstić information content (AvgIpc) is 2.97. The van der Waals surface area contributed by atoms with Crippen LogP contribution in [0.5, 0.6) is 0 Å². The lowest BCUT2D eigenvalue weighted by Crippen LogP contribution is -2.31. The van der Waals surface area contributed by atoms with Gasteiger partial charge in [0.05, 0.1) is 0 Å². The maximum absolute atomic E-state index is 12.6. The van der Waals surface area contributed by atoms with Crippen molar-refractivity contribution in [3.8, 4) is 0 Å². The summed E-state index contributed by atoms with van der Waals surface area (Å²) >= 11 is 0. The molecule has 0 spiro atoms. The van der Waals surface area contributed by atoms with E-state index in [9.17, 15) is 9.59 Å². The third kappa shape index (κ3) is 6.82. The number of carbonyl (C=O) groups excluding carboxylic acids is 2. The van der Waals surface area contributed by atoms with Crippen LogP contribution in [0, 0.1) is 5.92 Å². The minimum Gasteiger partial charge on any atom is -0.339 e. The van der Waals surface area contributed by atoms with Crippen LogP contribution >= 0.6 is 12.4 Å². The summed E-state index contributed by atoms with van der Waals surface area (Å²) in [7, 11) is 0. The molecule has 27 heavy (non-hydrogen) atoms. The van der Waals surface area contributed by atoms with E-state index in [-0.39, 0.29) is 24.2 Å². The molecular weight excluding hydrogens is 362 g/mol. The Hall–Kier alpha value is -1.59. The van der Waals surface area contributed by atoms with E-state index in [0.717, 1.165) is 51.1 Å². The maximum atomic E-state index is 12.6. The van der Waals surface area contributed by atoms with Gasteiger partial charge in [-0.1, -0.05) is 12.8 Å². The second-order valence-corrected chi connectivity index (χ2v) is 7.56. The standard InChI is InChI=1S/C21H31N3O2.ClH/c25-20(10-5-17-11-13-22-14-12-17)23-19-8-6-18(7-9-19)21(26)24-15-3-1-2-4-16-24;/h6-9,17,22H,1-5,10-16H2,(H,23,25);1H. The number of amides is 2. The van der Waals surface area contributed by atoms with Crippen LogP contribution in [-0.2, 0) is 4.79 Å². The highest BCUT2D eigenvalue weighted by Gasteiger charge is 2.17. The molecule has 2 aliphatic rings. The zero-order chi connectivity index (χ0) is 18.2. The highest BCUT2D eigenvalue weighted by atomic mass is 35.5. The van der Waals surface area contributed by atoms with Gasteiger partial charge < -0.3 is 15.5 Å². The van der Waals surface area contributed by atoms with E-state index < -0.39 is 0 Å². The summed E-state index contributed by atoms with van der Waals surface area (Å²) in [5.41, 5.74) is 1.48. The van der Waals surface area contributed by atoms with E-state index in [4.69, 9.17) is 0 Å². The van der Waals surface area contributed by atoms with E-state index in [1.165, 1.54) is 25.7 Å². The number of hydrogen-bond donors (Lipinski definition) is 2. The molecule has 3 rings (SSSR count). The molecule has 5 nitrogen and oxygen atoms in total. The average molecular weight is 394 g/mol. The lowest BCUT2D eigenvalue weighted by atomic mass is 9.93. The summed E-state index contributed by atoms with van der Waals surface area (Å²) < 4.78 is 0. The molecule has 0 bridgehead atoms. The highest BCUT2D eigenvalue weighted by molar-refractivity contribution is 5.95. The van der Waals surface area contributed by atoms with Gasteiger partial charge in [0.2, 0.25) is 5.91 Å². The first-order chi connectivity index (χ1) is 12.7. The minimum absolute atomic E-state index is 0. The molecule has 2 N–H and O–H groups in total. The number of nitrogens with one attached hydrogen (secondary N) is 2. The van der Waals surface area contributed by atoms with Gasteiger partial charge in [-0.25, -0.2) is 0 Å². The number of nitrogens with zero attached hydrogens (tertiary/aromatic N) is 1. The van der Waals surface area contributed by atoms with E-state index >= 15 is 0 Å². The van der Waals surface area contributed by atoms with Gasteiger partial charge in [-0.15, -0.1) is 12.4 Å². The number of anilines is 1. The molecule has 2 saturated heterocycles. The predicted molar refractivity (Wildman–Crippen MR) is 112 cm³/mol. The van der Waals surface area contributed by atoms with E-state index in [0.29, 0.717) is 17.9 Å². The largest absolute Gasteiger partial charge is 0.339 e. The van der Waals surface area contributed by atoms with Crippen molar-refractivity contribution in [1.29, 1.82) is 0 Å². The number of halogens is 1. The van der Waals surface area contributed by atoms with Crippen molar-refractivity contribution in [2.24, 2.45) is 5.92 Å². The van der Waals surface area contributed by atoms with Crippen LogP contribution in [0.15, 0.2) is 24.3 Å². The Bertz CT molecular complexity index is 592. The highest BCUT2D eigenvalue weighted by Crippen LogP contribution is 2.19. The Morgan fingerprint density at radius 2 is 1.63 bits per heavy atom. The maximum Gasteiger partial charge on any atom is 0.253 e. The molecule has 0 unspecified atom stereocenters. The van der Waals surface area contributed by atoms with Gasteiger partial charge in [0.1, 0.15) is 0 Å². The smallest absolute Gasteiger partial charge is 0.253 e. The quantitative estimate of drug-likeness (QED) is 0.798. The molecule has 150 valence electrons. The van der Waals surface area contributed by atoms with Gasteiger partial charge in [-0.05, 0) is 75.4 Å². The second kappa shape index (κ2) is 11.3. The SMILES string of the molecule is Cl.O=C(CCC1CCNCC1)Nc1ccc(C(=O)N2CCCCCC2)cc1. The fraction of sp³-hybridized carbons (Fsp3) is 0.619. The van der Waals surface area contributed by atoms with Gasteiger partial charge in [0.15, 0.2) is 0 Å². The van der Waals surface area contributed by atoms with Crippen LogP contribution in [-0.4, -0.2) is 42.9 Å². The Balaban J connectivity index is 0.00000261. The third-order valence-electron chi connectivity index (χ3n) is 5.55. The minimum atomic E-state index is 0. The topological polar surface area (TPSA) is 61.4 Å². The Morgan fingerprint density at radius 1 is 1.00 bits per heavy atom. The van der Waals surface area contributed by atoms with E-state index in [1.54, 1.807) is 0 Å². The zero-order valence-electron chi connectivity index (χ0n) is 16.0. The van der Waals surface area contributed by atoms with Gasteiger partial charge >= 0.3 is 0 Å². The van der Waals surface area contributed by atoms with Crippen molar-refractivity contribution in [3.63, 3.8) is 0 Å². The number of benzene rings is 1. The molecule has 2 fully saturated rings. The molecule has 0 aromatic heterocycles. The van der Waals surface area contributed by atoms with Crippen LogP contribution in [0.2, 0.25) is 0 Å². The van der Waals surface area contributed by atoms with Gasteiger partial charge in [-0.3, -0.25) is 9.59 Å². The van der Waals surface area contributed by atoms with Crippen molar-refractivity contribution < 1.29 is 9.59 Å². The molecule has 0 saturated carbocycles. The first kappa shape index (κ1) is 21.7. The lowest BCUT2D eigenvalue weighted by molar-refractivity contribution is -0.116. The fourth-order valence-corrected chi connectivity index (χ4v) is 3.88. The Labute approximate surface area is 168 Å². The van der Waals surface area contributed by atoms with Crippen LogP contribution in [0.4, 0.5) is 5.69 Å². The van der Waals surface area contributed by atoms with E-state index in [1.807, 2.05) is 29.2 Å². The van der Waals surface area contributed by atoms with Gasteiger partial charge in [0.25, 0.3) is 5.91 Å². The molecular formula is C21H32ClN3O2. The summed E-state index contributed by atoms with van der Waals surface area (Å²) in [5, 5.41) is 6.31. The Kier molecular flexibility index (Phi) is 9.08. The second-order valence-electron chi connectivity index (χ2n) is 7.56. The monoisotopic (exact) mass is 393 g/mol. The summed E-state index contributed by atoms with van der Waals surface area (Å²) in [6.07, 6.45) is 8.48. The first-order valence-corrected chi connectivity index (χ1v) is 10.1. The molecule has 2 heterocycles. The van der Waals surface area contributed by atoms with Gasteiger partial charge in [-0.2, -0.15) is 0 Å². The zero-order valence-corrected chi connectivity index (χ0v) is 16.9. The summed E-state index contributed by atoms with van der Waals surface area (Å²) in [4.78, 5) is 26.7. The molecule has 0 aliphatic carbocycles. The number of rotatable bonds is 5. The molecule has 6 heteroatoms.